The first-order chi connectivity index (χ1) is 14.0. The molecule has 0 heterocycles. The van der Waals surface area contributed by atoms with E-state index in [4.69, 9.17) is 21.7 Å². The number of hydrogen-bond acceptors (Lipinski definition) is 8. The van der Waals surface area contributed by atoms with Crippen molar-refractivity contribution in [3.63, 3.8) is 0 Å². The van der Waals surface area contributed by atoms with Crippen molar-refractivity contribution in [1.82, 2.24) is 16.0 Å². The van der Waals surface area contributed by atoms with E-state index in [0.717, 1.165) is 0 Å². The molecule has 13 heteroatoms. The third kappa shape index (κ3) is 11.3. The topological polar surface area (TPSA) is 234 Å². The Morgan fingerprint density at radius 2 is 1.60 bits per heavy atom. The molecule has 172 valence electrons. The van der Waals surface area contributed by atoms with Crippen molar-refractivity contribution < 1.29 is 39.3 Å². The van der Waals surface area contributed by atoms with Gasteiger partial charge >= 0.3 is 11.9 Å². The second-order valence-corrected chi connectivity index (χ2v) is 6.73. The van der Waals surface area contributed by atoms with Crippen molar-refractivity contribution >= 4 is 29.7 Å². The third-order valence-electron chi connectivity index (χ3n) is 4.07. The number of carboxylic acid groups (broad SMARTS) is 2. The Balaban J connectivity index is 4.84. The van der Waals surface area contributed by atoms with Crippen LogP contribution in [-0.2, 0) is 24.0 Å². The van der Waals surface area contributed by atoms with Gasteiger partial charge < -0.3 is 42.7 Å². The number of carboxylic acids is 2. The zero-order valence-electron chi connectivity index (χ0n) is 16.8. The van der Waals surface area contributed by atoms with Crippen molar-refractivity contribution in [2.45, 2.75) is 63.3 Å². The van der Waals surface area contributed by atoms with Crippen molar-refractivity contribution in [3.8, 4) is 0 Å². The summed E-state index contributed by atoms with van der Waals surface area (Å²) in [5, 5.41) is 33.7. The molecule has 3 amide bonds. The van der Waals surface area contributed by atoms with E-state index in [1.165, 1.54) is 6.92 Å². The van der Waals surface area contributed by atoms with Gasteiger partial charge in [0.2, 0.25) is 17.7 Å². The molecule has 0 bridgehead atoms. The average molecular weight is 433 g/mol. The highest BCUT2D eigenvalue weighted by Crippen LogP contribution is 2.03. The van der Waals surface area contributed by atoms with Gasteiger partial charge in [-0.25, -0.2) is 4.79 Å². The van der Waals surface area contributed by atoms with Gasteiger partial charge in [-0.1, -0.05) is 0 Å². The van der Waals surface area contributed by atoms with Gasteiger partial charge in [0, 0.05) is 6.42 Å². The molecular weight excluding hydrogens is 402 g/mol. The van der Waals surface area contributed by atoms with Crippen LogP contribution >= 0.6 is 0 Å². The van der Waals surface area contributed by atoms with Gasteiger partial charge in [0.1, 0.15) is 6.04 Å². The summed E-state index contributed by atoms with van der Waals surface area (Å²) in [5.74, 6) is -4.81. The molecule has 0 saturated carbocycles. The van der Waals surface area contributed by atoms with E-state index >= 15 is 0 Å². The highest BCUT2D eigenvalue weighted by atomic mass is 16.4. The fourth-order valence-electron chi connectivity index (χ4n) is 2.35. The monoisotopic (exact) mass is 433 g/mol. The summed E-state index contributed by atoms with van der Waals surface area (Å²) < 4.78 is 0. The first-order valence-corrected chi connectivity index (χ1v) is 9.45. The van der Waals surface area contributed by atoms with Crippen molar-refractivity contribution in [2.24, 2.45) is 11.5 Å². The smallest absolute Gasteiger partial charge is 0.328 e. The Kier molecular flexibility index (Phi) is 12.9. The van der Waals surface area contributed by atoms with E-state index < -0.39 is 60.4 Å². The zero-order valence-corrected chi connectivity index (χ0v) is 16.8. The molecule has 4 unspecified atom stereocenters. The summed E-state index contributed by atoms with van der Waals surface area (Å²) in [5.41, 5.74) is 11.0. The Labute approximate surface area is 173 Å². The predicted octanol–water partition coefficient (Wildman–Crippen LogP) is -3.14. The first kappa shape index (κ1) is 27.2. The van der Waals surface area contributed by atoms with Gasteiger partial charge in [-0.15, -0.1) is 0 Å². The number of nitrogens with two attached hydrogens (primary N) is 2. The fraction of sp³-hybridized carbons (Fsp3) is 0.706. The molecule has 4 atom stereocenters. The SMILES string of the molecule is CC(O)C(NC(=O)CNC(=O)C(CCCCN)NC(=O)C(N)CCC(=O)O)C(=O)O. The minimum atomic E-state index is -1.54. The van der Waals surface area contributed by atoms with Crippen LogP contribution in [0.3, 0.4) is 0 Å². The number of unbranched alkanes of at least 4 members (excludes halogenated alkanes) is 1. The summed E-state index contributed by atoms with van der Waals surface area (Å²) in [6.45, 7) is 0.983. The molecule has 0 aliphatic carbocycles. The zero-order chi connectivity index (χ0) is 23.3. The average Bonchev–Trinajstić information content (AvgIpc) is 2.66. The molecule has 0 fully saturated rings. The molecule has 0 aliphatic heterocycles. The summed E-state index contributed by atoms with van der Waals surface area (Å²) in [7, 11) is 0. The number of carbonyl (C=O) groups excluding carboxylic acids is 3. The van der Waals surface area contributed by atoms with Crippen LogP contribution in [-0.4, -0.2) is 82.3 Å². The number of aliphatic hydroxyl groups excluding tert-OH is 1. The predicted molar refractivity (Wildman–Crippen MR) is 104 cm³/mol. The summed E-state index contributed by atoms with van der Waals surface area (Å²) >= 11 is 0. The van der Waals surface area contributed by atoms with Gasteiger partial charge in [-0.05, 0) is 39.2 Å². The Hall–Kier alpha value is -2.77. The molecule has 0 rings (SSSR count). The van der Waals surface area contributed by atoms with Crippen LogP contribution < -0.4 is 27.4 Å². The quantitative estimate of drug-likeness (QED) is 0.121. The van der Waals surface area contributed by atoms with Crippen LogP contribution in [0, 0.1) is 0 Å². The van der Waals surface area contributed by atoms with E-state index in [1.54, 1.807) is 0 Å². The molecule has 13 nitrogen and oxygen atoms in total. The molecular formula is C17H31N5O8. The maximum Gasteiger partial charge on any atom is 0.328 e. The van der Waals surface area contributed by atoms with E-state index in [-0.39, 0.29) is 19.3 Å². The Bertz CT molecular complexity index is 613. The molecule has 0 radical (unpaired) electrons. The van der Waals surface area contributed by atoms with Crippen molar-refractivity contribution in [1.29, 1.82) is 0 Å². The van der Waals surface area contributed by atoms with E-state index in [9.17, 15) is 29.1 Å². The lowest BCUT2D eigenvalue weighted by Crippen LogP contribution is -2.54. The lowest BCUT2D eigenvalue weighted by atomic mass is 10.1. The Morgan fingerprint density at radius 3 is 2.10 bits per heavy atom. The molecule has 0 aromatic rings. The number of hydrogen-bond donors (Lipinski definition) is 8. The van der Waals surface area contributed by atoms with Gasteiger partial charge in [-0.2, -0.15) is 0 Å². The number of amides is 3. The Morgan fingerprint density at radius 1 is 0.967 bits per heavy atom. The van der Waals surface area contributed by atoms with Gasteiger partial charge in [-0.3, -0.25) is 19.2 Å². The van der Waals surface area contributed by atoms with Gasteiger partial charge in [0.15, 0.2) is 6.04 Å². The fourth-order valence-corrected chi connectivity index (χ4v) is 2.35. The highest BCUT2D eigenvalue weighted by molar-refractivity contribution is 5.92. The van der Waals surface area contributed by atoms with Crippen LogP contribution in [0.4, 0.5) is 0 Å². The lowest BCUT2D eigenvalue weighted by molar-refractivity contribution is -0.144. The second kappa shape index (κ2) is 14.3. The summed E-state index contributed by atoms with van der Waals surface area (Å²) in [6.07, 6.45) is -0.497. The third-order valence-corrected chi connectivity index (χ3v) is 4.07. The van der Waals surface area contributed by atoms with E-state index in [0.29, 0.717) is 19.4 Å². The summed E-state index contributed by atoms with van der Waals surface area (Å²) in [4.78, 5) is 57.9. The van der Waals surface area contributed by atoms with Crippen LogP contribution in [0.2, 0.25) is 0 Å². The molecule has 0 aromatic carbocycles. The number of carbonyl (C=O) groups is 5. The molecule has 0 aliphatic rings. The van der Waals surface area contributed by atoms with Crippen molar-refractivity contribution in [2.75, 3.05) is 13.1 Å². The van der Waals surface area contributed by atoms with Crippen LogP contribution in [0.1, 0.15) is 39.0 Å². The van der Waals surface area contributed by atoms with Gasteiger partial charge in [0.05, 0.1) is 18.7 Å². The molecule has 10 N–H and O–H groups in total. The number of rotatable bonds is 15. The molecule has 0 spiro atoms. The molecule has 0 aromatic heterocycles. The lowest BCUT2D eigenvalue weighted by Gasteiger charge is -2.21. The number of nitrogens with one attached hydrogen (secondary N) is 3. The summed E-state index contributed by atoms with van der Waals surface area (Å²) in [6, 6.07) is -3.71. The first-order valence-electron chi connectivity index (χ1n) is 9.45. The van der Waals surface area contributed by atoms with Gasteiger partial charge in [0.25, 0.3) is 0 Å². The number of aliphatic carboxylic acids is 2. The normalized spacial score (nSPS) is 14.7. The van der Waals surface area contributed by atoms with Crippen LogP contribution in [0.5, 0.6) is 0 Å². The van der Waals surface area contributed by atoms with Crippen LogP contribution in [0.25, 0.3) is 0 Å². The standard InChI is InChI=1S/C17H31N5O8/c1-9(23)14(17(29)30)22-12(24)8-20-16(28)11(4-2-3-7-18)21-15(27)10(19)5-6-13(25)26/h9-11,14,23H,2-8,18-19H2,1H3,(H,20,28)(H,21,27)(H,22,24)(H,25,26)(H,29,30). The maximum atomic E-state index is 12.4. The molecule has 0 saturated heterocycles. The molecule has 30 heavy (non-hydrogen) atoms. The van der Waals surface area contributed by atoms with E-state index in [2.05, 4.69) is 16.0 Å². The maximum absolute atomic E-state index is 12.4. The largest absolute Gasteiger partial charge is 0.481 e. The van der Waals surface area contributed by atoms with Crippen LogP contribution in [0.15, 0.2) is 0 Å². The minimum Gasteiger partial charge on any atom is -0.481 e. The van der Waals surface area contributed by atoms with Crippen molar-refractivity contribution in [3.05, 3.63) is 0 Å². The number of aliphatic hydroxyl groups is 1. The highest BCUT2D eigenvalue weighted by Gasteiger charge is 2.27. The second-order valence-electron chi connectivity index (χ2n) is 6.73. The van der Waals surface area contributed by atoms with E-state index in [1.807, 2.05) is 0 Å². The minimum absolute atomic E-state index is 0.114.